The van der Waals surface area contributed by atoms with E-state index >= 15 is 0 Å². The summed E-state index contributed by atoms with van der Waals surface area (Å²) in [7, 11) is 0. The van der Waals surface area contributed by atoms with Crippen LogP contribution in [0, 0.1) is 0 Å². The fourth-order valence-corrected chi connectivity index (χ4v) is 1.35. The van der Waals surface area contributed by atoms with Crippen LogP contribution in [0.15, 0.2) is 18.5 Å². The summed E-state index contributed by atoms with van der Waals surface area (Å²) < 4.78 is 5.46. The second-order valence-corrected chi connectivity index (χ2v) is 3.85. The van der Waals surface area contributed by atoms with Crippen LogP contribution >= 0.6 is 11.6 Å². The highest BCUT2D eigenvalue weighted by atomic mass is 35.5. The van der Waals surface area contributed by atoms with Crippen LogP contribution in [0.1, 0.15) is 12.8 Å². The predicted octanol–water partition coefficient (Wildman–Crippen LogP) is 1.87. The van der Waals surface area contributed by atoms with Crippen LogP contribution in [0.4, 0.5) is 0 Å². The van der Waals surface area contributed by atoms with Crippen LogP contribution in [0.2, 0.25) is 5.02 Å². The molecule has 1 aromatic rings. The van der Waals surface area contributed by atoms with Crippen molar-refractivity contribution < 1.29 is 4.74 Å². The maximum Gasteiger partial charge on any atom is 0.139 e. The molecule has 0 atom stereocenters. The Kier molecular flexibility index (Phi) is 3.22. The lowest BCUT2D eigenvalue weighted by Crippen LogP contribution is -2.22. The molecule has 1 aliphatic rings. The van der Waals surface area contributed by atoms with Gasteiger partial charge in [-0.05, 0) is 12.8 Å². The smallest absolute Gasteiger partial charge is 0.139 e. The van der Waals surface area contributed by atoms with Crippen molar-refractivity contribution in [2.24, 2.45) is 0 Å². The van der Waals surface area contributed by atoms with Gasteiger partial charge >= 0.3 is 0 Å². The Morgan fingerprint density at radius 1 is 1.50 bits per heavy atom. The molecule has 0 saturated heterocycles. The first-order valence-electron chi connectivity index (χ1n) is 4.81. The van der Waals surface area contributed by atoms with E-state index in [0.717, 1.165) is 18.3 Å². The van der Waals surface area contributed by atoms with Crippen molar-refractivity contribution >= 4 is 11.6 Å². The Labute approximate surface area is 88.4 Å². The third-order valence-electron chi connectivity index (χ3n) is 2.06. The standard InChI is InChI=1S/C10H13ClN2O/c11-8-5-10(7-12-6-8)14-4-3-13-9-1-2-9/h5-7,9,13H,1-4H2. The Balaban J connectivity index is 1.68. The maximum atomic E-state index is 5.76. The third kappa shape index (κ3) is 3.16. The van der Waals surface area contributed by atoms with Crippen molar-refractivity contribution in [2.75, 3.05) is 13.2 Å². The van der Waals surface area contributed by atoms with Gasteiger partial charge < -0.3 is 10.1 Å². The van der Waals surface area contributed by atoms with E-state index in [0.29, 0.717) is 11.6 Å². The molecule has 0 aliphatic heterocycles. The molecule has 0 spiro atoms. The highest BCUT2D eigenvalue weighted by Crippen LogP contribution is 2.18. The second-order valence-electron chi connectivity index (χ2n) is 3.42. The number of halogens is 1. The first kappa shape index (κ1) is 9.74. The van der Waals surface area contributed by atoms with E-state index in [-0.39, 0.29) is 0 Å². The minimum absolute atomic E-state index is 0.609. The largest absolute Gasteiger partial charge is 0.491 e. The van der Waals surface area contributed by atoms with Gasteiger partial charge in [0.25, 0.3) is 0 Å². The lowest BCUT2D eigenvalue weighted by atomic mass is 10.4. The van der Waals surface area contributed by atoms with Gasteiger partial charge in [-0.3, -0.25) is 4.98 Å². The van der Waals surface area contributed by atoms with E-state index in [9.17, 15) is 0 Å². The van der Waals surface area contributed by atoms with Gasteiger partial charge in [-0.1, -0.05) is 11.6 Å². The van der Waals surface area contributed by atoms with Crippen LogP contribution in [0.25, 0.3) is 0 Å². The minimum atomic E-state index is 0.609. The van der Waals surface area contributed by atoms with E-state index in [1.165, 1.54) is 12.8 Å². The molecule has 1 heterocycles. The van der Waals surface area contributed by atoms with Crippen LogP contribution in [-0.2, 0) is 0 Å². The summed E-state index contributed by atoms with van der Waals surface area (Å²) in [6.07, 6.45) is 5.87. The van der Waals surface area contributed by atoms with Gasteiger partial charge in [0.1, 0.15) is 12.4 Å². The molecular formula is C10H13ClN2O. The number of rotatable bonds is 5. The van der Waals surface area contributed by atoms with Crippen molar-refractivity contribution in [1.29, 1.82) is 0 Å². The van der Waals surface area contributed by atoms with Gasteiger partial charge in [-0.15, -0.1) is 0 Å². The van der Waals surface area contributed by atoms with Gasteiger partial charge in [-0.25, -0.2) is 0 Å². The number of nitrogens with zero attached hydrogens (tertiary/aromatic N) is 1. The summed E-state index contributed by atoms with van der Waals surface area (Å²) in [5.74, 6) is 0.732. The molecule has 0 aromatic carbocycles. The predicted molar refractivity (Wildman–Crippen MR) is 55.8 cm³/mol. The Morgan fingerprint density at radius 2 is 2.36 bits per heavy atom. The van der Waals surface area contributed by atoms with Crippen LogP contribution in [0.3, 0.4) is 0 Å². The van der Waals surface area contributed by atoms with Gasteiger partial charge in [-0.2, -0.15) is 0 Å². The number of nitrogens with one attached hydrogen (secondary N) is 1. The lowest BCUT2D eigenvalue weighted by Gasteiger charge is -2.06. The molecule has 2 rings (SSSR count). The van der Waals surface area contributed by atoms with Crippen molar-refractivity contribution in [1.82, 2.24) is 10.3 Å². The molecule has 1 saturated carbocycles. The monoisotopic (exact) mass is 212 g/mol. The number of aromatic nitrogens is 1. The summed E-state index contributed by atoms with van der Waals surface area (Å²) in [5, 5.41) is 3.97. The Morgan fingerprint density at radius 3 is 3.07 bits per heavy atom. The molecule has 3 nitrogen and oxygen atoms in total. The molecule has 1 aliphatic carbocycles. The zero-order chi connectivity index (χ0) is 9.80. The molecule has 0 unspecified atom stereocenters. The average molecular weight is 213 g/mol. The Hall–Kier alpha value is -0.800. The first-order chi connectivity index (χ1) is 6.84. The quantitative estimate of drug-likeness (QED) is 0.757. The molecule has 14 heavy (non-hydrogen) atoms. The maximum absolute atomic E-state index is 5.76. The molecule has 0 amide bonds. The van der Waals surface area contributed by atoms with Crippen LogP contribution in [-0.4, -0.2) is 24.2 Å². The summed E-state index contributed by atoms with van der Waals surface area (Å²) in [5.41, 5.74) is 0. The molecule has 4 heteroatoms. The summed E-state index contributed by atoms with van der Waals surface area (Å²) >= 11 is 5.76. The van der Waals surface area contributed by atoms with E-state index in [1.54, 1.807) is 18.5 Å². The molecule has 1 aromatic heterocycles. The van der Waals surface area contributed by atoms with Crippen molar-refractivity contribution in [3.63, 3.8) is 0 Å². The number of hydrogen-bond acceptors (Lipinski definition) is 3. The van der Waals surface area contributed by atoms with Gasteiger partial charge in [0.2, 0.25) is 0 Å². The van der Waals surface area contributed by atoms with Gasteiger partial charge in [0, 0.05) is 24.8 Å². The highest BCUT2D eigenvalue weighted by molar-refractivity contribution is 6.30. The molecule has 0 radical (unpaired) electrons. The minimum Gasteiger partial charge on any atom is -0.491 e. The van der Waals surface area contributed by atoms with Crippen molar-refractivity contribution in [3.05, 3.63) is 23.5 Å². The van der Waals surface area contributed by atoms with Crippen molar-refractivity contribution in [2.45, 2.75) is 18.9 Å². The topological polar surface area (TPSA) is 34.1 Å². The van der Waals surface area contributed by atoms with E-state index in [1.807, 2.05) is 0 Å². The zero-order valence-electron chi connectivity index (χ0n) is 7.87. The lowest BCUT2D eigenvalue weighted by molar-refractivity contribution is 0.312. The zero-order valence-corrected chi connectivity index (χ0v) is 8.63. The fraction of sp³-hybridized carbons (Fsp3) is 0.500. The number of hydrogen-bond donors (Lipinski definition) is 1. The van der Waals surface area contributed by atoms with Crippen molar-refractivity contribution in [3.8, 4) is 5.75 Å². The normalized spacial score (nSPS) is 15.5. The molecule has 1 fully saturated rings. The molecule has 1 N–H and O–H groups in total. The second kappa shape index (κ2) is 4.62. The molecular weight excluding hydrogens is 200 g/mol. The summed E-state index contributed by atoms with van der Waals surface area (Å²) in [4.78, 5) is 3.93. The summed E-state index contributed by atoms with van der Waals surface area (Å²) in [6.45, 7) is 1.55. The van der Waals surface area contributed by atoms with Gasteiger partial charge in [0.15, 0.2) is 0 Å². The molecule has 0 bridgehead atoms. The highest BCUT2D eigenvalue weighted by Gasteiger charge is 2.19. The molecule has 76 valence electrons. The van der Waals surface area contributed by atoms with E-state index < -0.39 is 0 Å². The van der Waals surface area contributed by atoms with Gasteiger partial charge in [0.05, 0.1) is 11.2 Å². The Bertz CT molecular complexity index is 302. The van der Waals surface area contributed by atoms with E-state index in [2.05, 4.69) is 10.3 Å². The number of pyridine rings is 1. The first-order valence-corrected chi connectivity index (χ1v) is 5.19. The number of ether oxygens (including phenoxy) is 1. The summed E-state index contributed by atoms with van der Waals surface area (Å²) in [6, 6.07) is 2.50. The van der Waals surface area contributed by atoms with Crippen LogP contribution < -0.4 is 10.1 Å². The average Bonchev–Trinajstić information content (AvgIpc) is 2.96. The van der Waals surface area contributed by atoms with Crippen LogP contribution in [0.5, 0.6) is 5.75 Å². The SMILES string of the molecule is Clc1cncc(OCCNC2CC2)c1. The fourth-order valence-electron chi connectivity index (χ4n) is 1.19. The third-order valence-corrected chi connectivity index (χ3v) is 2.27. The van der Waals surface area contributed by atoms with E-state index in [4.69, 9.17) is 16.3 Å².